The number of nitrogens with one attached hydrogen (secondary N) is 2. The molecule has 7 nitrogen and oxygen atoms in total. The number of nitrogens with zero attached hydrogens (tertiary/aromatic N) is 2. The average Bonchev–Trinajstić information content (AvgIpc) is 2.54. The van der Waals surface area contributed by atoms with Crippen LogP contribution < -0.4 is 15.5 Å². The molecule has 0 bridgehead atoms. The van der Waals surface area contributed by atoms with Gasteiger partial charge in [0.15, 0.2) is 0 Å². The van der Waals surface area contributed by atoms with Crippen molar-refractivity contribution in [1.29, 1.82) is 0 Å². The molecule has 1 aliphatic heterocycles. The largest absolute Gasteiger partial charge is 0.378 e. The number of para-hydroxylation sites is 1. The Morgan fingerprint density at radius 1 is 1.19 bits per heavy atom. The van der Waals surface area contributed by atoms with Crippen molar-refractivity contribution in [2.75, 3.05) is 44.8 Å². The Balaban J connectivity index is 1.90. The van der Waals surface area contributed by atoms with E-state index in [1.54, 1.807) is 0 Å². The first-order valence-corrected chi connectivity index (χ1v) is 8.96. The highest BCUT2D eigenvalue weighted by atomic mass is 16.5. The van der Waals surface area contributed by atoms with Gasteiger partial charge in [-0.1, -0.05) is 18.2 Å². The van der Waals surface area contributed by atoms with Crippen molar-refractivity contribution in [3.05, 3.63) is 29.8 Å². The predicted octanol–water partition coefficient (Wildman–Crippen LogP) is 1.58. The molecule has 2 N–H and O–H groups in total. The standard InChI is InChI=1S/C19H30N4O3/c1-19(2,3)21-18(25)20-17(24)14-22(4)13-15-7-5-6-8-16(15)23-9-11-26-12-10-23/h5-8H,9-14H2,1-4H3,(H2,20,21,24,25). The molecule has 7 heteroatoms. The number of carbonyl (C=O) groups excluding carboxylic acids is 2. The first kappa shape index (κ1) is 20.2. The fourth-order valence-corrected chi connectivity index (χ4v) is 2.89. The lowest BCUT2D eigenvalue weighted by molar-refractivity contribution is -0.121. The van der Waals surface area contributed by atoms with Gasteiger partial charge in [0.05, 0.1) is 19.8 Å². The van der Waals surface area contributed by atoms with E-state index in [0.717, 1.165) is 31.9 Å². The maximum atomic E-state index is 12.1. The highest BCUT2D eigenvalue weighted by Gasteiger charge is 2.18. The smallest absolute Gasteiger partial charge is 0.321 e. The quantitative estimate of drug-likeness (QED) is 0.832. The number of benzene rings is 1. The molecule has 0 unspecified atom stereocenters. The highest BCUT2D eigenvalue weighted by Crippen LogP contribution is 2.22. The van der Waals surface area contributed by atoms with Crippen LogP contribution in [0.1, 0.15) is 26.3 Å². The first-order valence-electron chi connectivity index (χ1n) is 8.96. The van der Waals surface area contributed by atoms with Gasteiger partial charge in [-0.25, -0.2) is 4.79 Å². The number of hydrogen-bond donors (Lipinski definition) is 2. The molecule has 1 fully saturated rings. The molecule has 0 aliphatic carbocycles. The molecule has 0 radical (unpaired) electrons. The number of amides is 3. The minimum atomic E-state index is -0.468. The summed E-state index contributed by atoms with van der Waals surface area (Å²) in [6, 6.07) is 7.74. The molecule has 144 valence electrons. The molecule has 1 heterocycles. The van der Waals surface area contributed by atoms with Crippen LogP contribution in [0.3, 0.4) is 0 Å². The lowest BCUT2D eigenvalue weighted by Gasteiger charge is -2.31. The maximum Gasteiger partial charge on any atom is 0.321 e. The van der Waals surface area contributed by atoms with Gasteiger partial charge < -0.3 is 15.0 Å². The van der Waals surface area contributed by atoms with Gasteiger partial charge in [0, 0.05) is 30.9 Å². The van der Waals surface area contributed by atoms with Gasteiger partial charge in [-0.15, -0.1) is 0 Å². The molecule has 0 atom stereocenters. The van der Waals surface area contributed by atoms with Crippen molar-refractivity contribution in [1.82, 2.24) is 15.5 Å². The van der Waals surface area contributed by atoms with Gasteiger partial charge in [0.1, 0.15) is 0 Å². The van der Waals surface area contributed by atoms with Crippen LogP contribution in [0.2, 0.25) is 0 Å². The van der Waals surface area contributed by atoms with Crippen molar-refractivity contribution in [3.63, 3.8) is 0 Å². The Bertz CT molecular complexity index is 621. The number of morpholine rings is 1. The normalized spacial score (nSPS) is 15.0. The van der Waals surface area contributed by atoms with E-state index in [0.29, 0.717) is 6.54 Å². The first-order chi connectivity index (χ1) is 12.2. The van der Waals surface area contributed by atoms with Gasteiger partial charge in [-0.3, -0.25) is 15.0 Å². The Morgan fingerprint density at radius 2 is 1.85 bits per heavy atom. The lowest BCUT2D eigenvalue weighted by atomic mass is 10.1. The topological polar surface area (TPSA) is 73.9 Å². The van der Waals surface area contributed by atoms with Crippen molar-refractivity contribution in [2.45, 2.75) is 32.9 Å². The molecule has 0 aromatic heterocycles. The summed E-state index contributed by atoms with van der Waals surface area (Å²) in [7, 11) is 1.87. The van der Waals surface area contributed by atoms with Crippen LogP contribution in [-0.4, -0.2) is 62.3 Å². The molecule has 1 saturated heterocycles. The summed E-state index contributed by atoms with van der Waals surface area (Å²) in [6.45, 7) is 9.58. The fourth-order valence-electron chi connectivity index (χ4n) is 2.89. The monoisotopic (exact) mass is 362 g/mol. The molecule has 2 rings (SSSR count). The maximum absolute atomic E-state index is 12.1. The van der Waals surface area contributed by atoms with E-state index in [9.17, 15) is 9.59 Å². The van der Waals surface area contributed by atoms with E-state index in [2.05, 4.69) is 27.7 Å². The second kappa shape index (κ2) is 9.00. The molecule has 1 aliphatic rings. The molecule has 1 aromatic rings. The van der Waals surface area contributed by atoms with E-state index in [4.69, 9.17) is 4.74 Å². The Morgan fingerprint density at radius 3 is 2.50 bits per heavy atom. The van der Waals surface area contributed by atoms with E-state index < -0.39 is 6.03 Å². The Labute approximate surface area is 155 Å². The average molecular weight is 362 g/mol. The second-order valence-corrected chi connectivity index (χ2v) is 7.65. The van der Waals surface area contributed by atoms with Gasteiger partial charge in [0.25, 0.3) is 0 Å². The summed E-state index contributed by atoms with van der Waals surface area (Å²) in [5.74, 6) is -0.321. The molecule has 26 heavy (non-hydrogen) atoms. The number of hydrogen-bond acceptors (Lipinski definition) is 5. The summed E-state index contributed by atoms with van der Waals surface area (Å²) in [5.41, 5.74) is 1.95. The van der Waals surface area contributed by atoms with Crippen LogP contribution >= 0.6 is 0 Å². The summed E-state index contributed by atoms with van der Waals surface area (Å²) < 4.78 is 5.42. The summed E-state index contributed by atoms with van der Waals surface area (Å²) >= 11 is 0. The number of imide groups is 1. The summed E-state index contributed by atoms with van der Waals surface area (Å²) in [5, 5.41) is 5.09. The van der Waals surface area contributed by atoms with Gasteiger partial charge in [-0.2, -0.15) is 0 Å². The minimum absolute atomic E-state index is 0.148. The van der Waals surface area contributed by atoms with E-state index in [1.807, 2.05) is 44.9 Å². The van der Waals surface area contributed by atoms with Crippen LogP contribution in [0.15, 0.2) is 24.3 Å². The van der Waals surface area contributed by atoms with E-state index in [1.165, 1.54) is 5.69 Å². The van der Waals surface area contributed by atoms with Crippen molar-refractivity contribution >= 4 is 17.6 Å². The predicted molar refractivity (Wildman–Crippen MR) is 102 cm³/mol. The zero-order valence-electron chi connectivity index (χ0n) is 16.2. The molecular weight excluding hydrogens is 332 g/mol. The highest BCUT2D eigenvalue weighted by molar-refractivity contribution is 5.95. The third-order valence-corrected chi connectivity index (χ3v) is 3.94. The van der Waals surface area contributed by atoms with Crippen molar-refractivity contribution < 1.29 is 14.3 Å². The fraction of sp³-hybridized carbons (Fsp3) is 0.579. The molecule has 1 aromatic carbocycles. The second-order valence-electron chi connectivity index (χ2n) is 7.65. The van der Waals surface area contributed by atoms with Crippen LogP contribution in [0.4, 0.5) is 10.5 Å². The number of likely N-dealkylation sites (N-methyl/N-ethyl adjacent to an activating group) is 1. The van der Waals surface area contributed by atoms with Crippen LogP contribution in [0.25, 0.3) is 0 Å². The van der Waals surface area contributed by atoms with Crippen LogP contribution in [-0.2, 0) is 16.1 Å². The van der Waals surface area contributed by atoms with Gasteiger partial charge in [0.2, 0.25) is 5.91 Å². The molecular formula is C19H30N4O3. The van der Waals surface area contributed by atoms with E-state index in [-0.39, 0.29) is 18.0 Å². The third-order valence-electron chi connectivity index (χ3n) is 3.94. The number of anilines is 1. The number of urea groups is 1. The van der Waals surface area contributed by atoms with Crippen LogP contribution in [0.5, 0.6) is 0 Å². The van der Waals surface area contributed by atoms with E-state index >= 15 is 0 Å². The lowest BCUT2D eigenvalue weighted by Crippen LogP contribution is -2.50. The van der Waals surface area contributed by atoms with Crippen molar-refractivity contribution in [2.24, 2.45) is 0 Å². The Kier molecular flexibility index (Phi) is 6.99. The zero-order chi connectivity index (χ0) is 19.2. The zero-order valence-corrected chi connectivity index (χ0v) is 16.2. The SMILES string of the molecule is CN(CC(=O)NC(=O)NC(C)(C)C)Cc1ccccc1N1CCOCC1. The van der Waals surface area contributed by atoms with Crippen LogP contribution in [0, 0.1) is 0 Å². The van der Waals surface area contributed by atoms with Crippen molar-refractivity contribution in [3.8, 4) is 0 Å². The van der Waals surface area contributed by atoms with Gasteiger partial charge in [-0.05, 0) is 39.4 Å². The molecule has 3 amide bonds. The minimum Gasteiger partial charge on any atom is -0.378 e. The third kappa shape index (κ3) is 6.65. The Hall–Kier alpha value is -2.12. The number of ether oxygens (including phenoxy) is 1. The summed E-state index contributed by atoms with van der Waals surface area (Å²) in [6.07, 6.45) is 0. The molecule has 0 saturated carbocycles. The van der Waals surface area contributed by atoms with Gasteiger partial charge >= 0.3 is 6.03 Å². The summed E-state index contributed by atoms with van der Waals surface area (Å²) in [4.78, 5) is 28.1. The number of carbonyl (C=O) groups is 2. The number of rotatable bonds is 5. The molecule has 0 spiro atoms.